The van der Waals surface area contributed by atoms with Crippen LogP contribution in [0.1, 0.15) is 0 Å². The number of para-hydroxylation sites is 5. The number of hydrogen-bond acceptors (Lipinski definition) is 5. The van der Waals surface area contributed by atoms with Crippen molar-refractivity contribution in [3.05, 3.63) is 170 Å². The lowest BCUT2D eigenvalue weighted by atomic mass is 10.0. The Morgan fingerprint density at radius 2 is 0.962 bits per heavy atom. The summed E-state index contributed by atoms with van der Waals surface area (Å²) in [7, 11) is 0. The van der Waals surface area contributed by atoms with Gasteiger partial charge >= 0.3 is 0 Å². The maximum Gasteiger partial charge on any atom is 0.238 e. The van der Waals surface area contributed by atoms with Gasteiger partial charge in [-0.15, -0.1) is 11.3 Å². The molecular weight excluding hydrogens is 669 g/mol. The maximum absolute atomic E-state index is 5.34. The minimum atomic E-state index is 0.578. The normalized spacial score (nSPS) is 11.8. The fourth-order valence-corrected chi connectivity index (χ4v) is 8.88. The molecule has 4 aromatic heterocycles. The highest BCUT2D eigenvalue weighted by Crippen LogP contribution is 2.45. The van der Waals surface area contributed by atoms with Crippen LogP contribution in [0.4, 0.5) is 0 Å². The van der Waals surface area contributed by atoms with Crippen molar-refractivity contribution in [3.8, 4) is 45.8 Å². The summed E-state index contributed by atoms with van der Waals surface area (Å²) < 4.78 is 6.78. The zero-order valence-corrected chi connectivity index (χ0v) is 29.1. The molecule has 11 aromatic rings. The Morgan fingerprint density at radius 1 is 0.396 bits per heavy atom. The Kier molecular flexibility index (Phi) is 6.62. The second-order valence-corrected chi connectivity index (χ2v) is 14.2. The Labute approximate surface area is 307 Å². The predicted molar refractivity (Wildman–Crippen MR) is 218 cm³/mol. The van der Waals surface area contributed by atoms with Gasteiger partial charge in [0.1, 0.15) is 5.82 Å². The van der Waals surface area contributed by atoms with Gasteiger partial charge in [0.25, 0.3) is 0 Å². The van der Waals surface area contributed by atoms with Gasteiger partial charge in [0.05, 0.1) is 22.1 Å². The molecule has 0 amide bonds. The van der Waals surface area contributed by atoms with Gasteiger partial charge in [0, 0.05) is 53.3 Å². The first-order chi connectivity index (χ1) is 26.3. The molecule has 0 N–H and O–H groups in total. The quantitative estimate of drug-likeness (QED) is 0.180. The van der Waals surface area contributed by atoms with Crippen LogP contribution in [0, 0.1) is 0 Å². The van der Waals surface area contributed by atoms with E-state index in [2.05, 4.69) is 149 Å². The lowest BCUT2D eigenvalue weighted by molar-refractivity contribution is 0.954. The van der Waals surface area contributed by atoms with Crippen molar-refractivity contribution in [1.82, 2.24) is 29.1 Å². The van der Waals surface area contributed by atoms with Crippen LogP contribution in [0.15, 0.2) is 170 Å². The molecule has 0 saturated heterocycles. The first kappa shape index (κ1) is 29.7. The summed E-state index contributed by atoms with van der Waals surface area (Å²) in [5.41, 5.74) is 8.10. The highest BCUT2D eigenvalue weighted by Gasteiger charge is 2.23. The number of rotatable bonds is 5. The molecule has 0 aliphatic heterocycles. The monoisotopic (exact) mass is 696 g/mol. The van der Waals surface area contributed by atoms with Gasteiger partial charge in [-0.1, -0.05) is 121 Å². The van der Waals surface area contributed by atoms with Crippen LogP contribution in [0.5, 0.6) is 0 Å². The minimum absolute atomic E-state index is 0.578. The van der Waals surface area contributed by atoms with E-state index in [4.69, 9.17) is 19.9 Å². The molecule has 0 radical (unpaired) electrons. The van der Waals surface area contributed by atoms with Gasteiger partial charge in [0.15, 0.2) is 11.6 Å². The molecule has 53 heavy (non-hydrogen) atoms. The number of thiophene rings is 1. The Balaban J connectivity index is 1.22. The summed E-state index contributed by atoms with van der Waals surface area (Å²) in [5.74, 6) is 2.71. The number of benzene rings is 7. The lowest BCUT2D eigenvalue weighted by Gasteiger charge is -2.13. The molecule has 0 spiro atoms. The molecular formula is C46H28N6S. The third kappa shape index (κ3) is 4.64. The zero-order chi connectivity index (χ0) is 34.9. The molecule has 11 rings (SSSR count). The van der Waals surface area contributed by atoms with Crippen LogP contribution < -0.4 is 0 Å². The van der Waals surface area contributed by atoms with Crippen molar-refractivity contribution in [2.75, 3.05) is 0 Å². The molecule has 0 aliphatic carbocycles. The molecule has 7 aromatic carbocycles. The van der Waals surface area contributed by atoms with E-state index in [9.17, 15) is 0 Å². The molecule has 0 saturated carbocycles. The van der Waals surface area contributed by atoms with E-state index < -0.39 is 0 Å². The number of hydrogen-bond donors (Lipinski definition) is 0. The second kappa shape index (κ2) is 11.8. The Morgan fingerprint density at radius 3 is 1.68 bits per heavy atom. The minimum Gasteiger partial charge on any atom is -0.292 e. The van der Waals surface area contributed by atoms with Crippen LogP contribution in [0.2, 0.25) is 0 Å². The molecule has 4 heterocycles. The van der Waals surface area contributed by atoms with Gasteiger partial charge in [0.2, 0.25) is 5.95 Å². The first-order valence-electron chi connectivity index (χ1n) is 17.6. The second-order valence-electron chi connectivity index (χ2n) is 13.1. The molecule has 0 fully saturated rings. The van der Waals surface area contributed by atoms with Crippen molar-refractivity contribution >= 4 is 64.3 Å². The standard InChI is InChI=1S/C46H28N6S/c1-3-15-29(16-4-1)43-48-44(50-46(49-43)52-36-24-10-7-19-31(36)32-20-8-11-25-37(32)52)33-21-13-27-39-41(33)42-34(22-14-28-40(42)53-39)45-47-35-23-9-12-26-38(35)51(45)30-17-5-2-6-18-30/h1-28H. The van der Waals surface area contributed by atoms with Gasteiger partial charge in [-0.25, -0.2) is 9.97 Å². The summed E-state index contributed by atoms with van der Waals surface area (Å²) in [5, 5.41) is 4.55. The van der Waals surface area contributed by atoms with Crippen molar-refractivity contribution in [3.63, 3.8) is 0 Å². The summed E-state index contributed by atoms with van der Waals surface area (Å²) in [6, 6.07) is 58.9. The maximum atomic E-state index is 5.34. The van der Waals surface area contributed by atoms with Gasteiger partial charge in [-0.05, 0) is 48.5 Å². The molecule has 7 heteroatoms. The van der Waals surface area contributed by atoms with Crippen LogP contribution in [-0.2, 0) is 0 Å². The van der Waals surface area contributed by atoms with E-state index in [-0.39, 0.29) is 0 Å². The SMILES string of the molecule is c1ccc(-c2nc(-c3cccc4sc5cccc(-c6nc7ccccc7n6-c6ccccc6)c5c34)nc(-n3c4ccccc4c4ccccc43)n2)cc1. The Hall–Kier alpha value is -6.96. The topological polar surface area (TPSA) is 61.4 Å². The van der Waals surface area contributed by atoms with Crippen LogP contribution in [-0.4, -0.2) is 29.1 Å². The average molecular weight is 697 g/mol. The van der Waals surface area contributed by atoms with E-state index in [1.54, 1.807) is 11.3 Å². The van der Waals surface area contributed by atoms with E-state index >= 15 is 0 Å². The predicted octanol–water partition coefficient (Wildman–Crippen LogP) is 11.7. The Bertz CT molecular complexity index is 3120. The zero-order valence-electron chi connectivity index (χ0n) is 28.3. The van der Waals surface area contributed by atoms with Crippen LogP contribution in [0.3, 0.4) is 0 Å². The van der Waals surface area contributed by atoms with E-state index in [1.807, 2.05) is 30.3 Å². The van der Waals surface area contributed by atoms with Crippen molar-refractivity contribution < 1.29 is 0 Å². The van der Waals surface area contributed by atoms with Crippen LogP contribution in [0.25, 0.3) is 98.8 Å². The average Bonchev–Trinajstić information content (AvgIpc) is 3.91. The van der Waals surface area contributed by atoms with Crippen molar-refractivity contribution in [2.24, 2.45) is 0 Å². The summed E-state index contributed by atoms with van der Waals surface area (Å²) in [6.07, 6.45) is 0. The summed E-state index contributed by atoms with van der Waals surface area (Å²) in [4.78, 5) is 21.0. The van der Waals surface area contributed by atoms with Gasteiger partial charge < -0.3 is 0 Å². The molecule has 0 atom stereocenters. The lowest BCUT2D eigenvalue weighted by Crippen LogP contribution is -2.06. The highest BCUT2D eigenvalue weighted by atomic mass is 32.1. The smallest absolute Gasteiger partial charge is 0.238 e. The number of fused-ring (bicyclic) bond motifs is 7. The number of nitrogens with zero attached hydrogens (tertiary/aromatic N) is 6. The van der Waals surface area contributed by atoms with Crippen molar-refractivity contribution in [1.29, 1.82) is 0 Å². The molecule has 0 bridgehead atoms. The van der Waals surface area contributed by atoms with Gasteiger partial charge in [-0.3, -0.25) is 9.13 Å². The van der Waals surface area contributed by atoms with Gasteiger partial charge in [-0.2, -0.15) is 9.97 Å². The number of imidazole rings is 1. The van der Waals surface area contributed by atoms with E-state index in [0.29, 0.717) is 17.6 Å². The molecule has 0 unspecified atom stereocenters. The highest BCUT2D eigenvalue weighted by molar-refractivity contribution is 7.26. The van der Waals surface area contributed by atoms with E-state index in [1.165, 1.54) is 4.70 Å². The third-order valence-electron chi connectivity index (χ3n) is 10.0. The molecule has 0 aliphatic rings. The first-order valence-corrected chi connectivity index (χ1v) is 18.4. The fraction of sp³-hybridized carbons (Fsp3) is 0. The molecule has 248 valence electrons. The van der Waals surface area contributed by atoms with E-state index in [0.717, 1.165) is 76.5 Å². The largest absolute Gasteiger partial charge is 0.292 e. The fourth-order valence-electron chi connectivity index (χ4n) is 7.72. The summed E-state index contributed by atoms with van der Waals surface area (Å²) >= 11 is 1.78. The van der Waals surface area contributed by atoms with Crippen molar-refractivity contribution in [2.45, 2.75) is 0 Å². The third-order valence-corrected chi connectivity index (χ3v) is 11.1. The summed E-state index contributed by atoms with van der Waals surface area (Å²) in [6.45, 7) is 0. The molecule has 6 nitrogen and oxygen atoms in total. The van der Waals surface area contributed by atoms with Crippen LogP contribution >= 0.6 is 11.3 Å². The number of aromatic nitrogens is 6.